The van der Waals surface area contributed by atoms with Gasteiger partial charge in [-0.05, 0) is 31.7 Å². The Morgan fingerprint density at radius 1 is 1.47 bits per heavy atom. The first-order valence-electron chi connectivity index (χ1n) is 5.96. The molecule has 0 saturated carbocycles. The summed E-state index contributed by atoms with van der Waals surface area (Å²) in [5, 5.41) is 0. The van der Waals surface area contributed by atoms with E-state index in [1.165, 1.54) is 0 Å². The van der Waals surface area contributed by atoms with Gasteiger partial charge in [-0.1, -0.05) is 0 Å². The molecule has 0 aliphatic carbocycles. The van der Waals surface area contributed by atoms with Gasteiger partial charge in [0.15, 0.2) is 11.6 Å². The molecule has 5 heteroatoms. The lowest BCUT2D eigenvalue weighted by Crippen LogP contribution is -2.37. The number of pyridine rings is 1. The standard InChI is InChI=1S/C12H17F2N3/c13-10-6-11(14)12(16-7-10)17-5-1-2-9(8-17)3-4-15/h6-7,9H,1-5,8,15H2. The van der Waals surface area contributed by atoms with Gasteiger partial charge >= 0.3 is 0 Å². The van der Waals surface area contributed by atoms with Crippen molar-refractivity contribution >= 4 is 5.82 Å². The van der Waals surface area contributed by atoms with Crippen molar-refractivity contribution in [3.05, 3.63) is 23.9 Å². The van der Waals surface area contributed by atoms with E-state index in [1.807, 2.05) is 4.90 Å². The maximum absolute atomic E-state index is 13.6. The zero-order chi connectivity index (χ0) is 12.3. The van der Waals surface area contributed by atoms with Gasteiger partial charge in [0, 0.05) is 19.2 Å². The summed E-state index contributed by atoms with van der Waals surface area (Å²) in [5.41, 5.74) is 5.54. The van der Waals surface area contributed by atoms with Crippen LogP contribution in [0.3, 0.4) is 0 Å². The molecule has 2 N–H and O–H groups in total. The average Bonchev–Trinajstić information content (AvgIpc) is 2.29. The molecule has 0 spiro atoms. The third-order valence-corrected chi connectivity index (χ3v) is 3.18. The van der Waals surface area contributed by atoms with E-state index in [0.717, 1.165) is 44.6 Å². The predicted octanol–water partition coefficient (Wildman–Crippen LogP) is 1.93. The minimum absolute atomic E-state index is 0.258. The predicted molar refractivity (Wildman–Crippen MR) is 62.8 cm³/mol. The highest BCUT2D eigenvalue weighted by Crippen LogP contribution is 2.25. The zero-order valence-electron chi connectivity index (χ0n) is 9.70. The smallest absolute Gasteiger partial charge is 0.168 e. The Morgan fingerprint density at radius 3 is 3.00 bits per heavy atom. The number of anilines is 1. The van der Waals surface area contributed by atoms with Crippen LogP contribution in [0.5, 0.6) is 0 Å². The molecule has 1 unspecified atom stereocenters. The molecule has 0 radical (unpaired) electrons. The van der Waals surface area contributed by atoms with Crippen LogP contribution >= 0.6 is 0 Å². The second-order valence-corrected chi connectivity index (χ2v) is 4.49. The summed E-state index contributed by atoms with van der Waals surface area (Å²) in [7, 11) is 0. The fourth-order valence-electron chi connectivity index (χ4n) is 2.37. The van der Waals surface area contributed by atoms with Crippen molar-refractivity contribution in [2.75, 3.05) is 24.5 Å². The van der Waals surface area contributed by atoms with Crippen LogP contribution in [0.25, 0.3) is 0 Å². The van der Waals surface area contributed by atoms with Gasteiger partial charge in [-0.25, -0.2) is 13.8 Å². The number of rotatable bonds is 3. The highest BCUT2D eigenvalue weighted by Gasteiger charge is 2.22. The summed E-state index contributed by atoms with van der Waals surface area (Å²) < 4.78 is 26.4. The second kappa shape index (κ2) is 5.40. The van der Waals surface area contributed by atoms with Crippen LogP contribution in [0.2, 0.25) is 0 Å². The SMILES string of the molecule is NCCC1CCCN(c2ncc(F)cc2F)C1. The van der Waals surface area contributed by atoms with E-state index in [4.69, 9.17) is 5.73 Å². The lowest BCUT2D eigenvalue weighted by molar-refractivity contribution is 0.391. The summed E-state index contributed by atoms with van der Waals surface area (Å²) in [6.45, 7) is 2.18. The summed E-state index contributed by atoms with van der Waals surface area (Å²) in [4.78, 5) is 5.73. The summed E-state index contributed by atoms with van der Waals surface area (Å²) in [6, 6.07) is 0.884. The molecule has 1 atom stereocenters. The van der Waals surface area contributed by atoms with Gasteiger partial charge in [-0.3, -0.25) is 0 Å². The molecular formula is C12H17F2N3. The molecule has 17 heavy (non-hydrogen) atoms. The molecule has 0 bridgehead atoms. The molecule has 1 aliphatic heterocycles. The van der Waals surface area contributed by atoms with E-state index in [1.54, 1.807) is 0 Å². The number of aromatic nitrogens is 1. The van der Waals surface area contributed by atoms with Crippen molar-refractivity contribution in [3.63, 3.8) is 0 Å². The summed E-state index contributed by atoms with van der Waals surface area (Å²) in [6.07, 6.45) is 4.13. The maximum atomic E-state index is 13.6. The molecule has 2 rings (SSSR count). The number of hydrogen-bond acceptors (Lipinski definition) is 3. The molecule has 1 saturated heterocycles. The highest BCUT2D eigenvalue weighted by atomic mass is 19.1. The van der Waals surface area contributed by atoms with Gasteiger partial charge in [-0.2, -0.15) is 0 Å². The summed E-state index contributed by atoms with van der Waals surface area (Å²) in [5.74, 6) is -0.478. The average molecular weight is 241 g/mol. The van der Waals surface area contributed by atoms with E-state index in [9.17, 15) is 8.78 Å². The van der Waals surface area contributed by atoms with Crippen molar-refractivity contribution in [2.24, 2.45) is 11.7 Å². The first kappa shape index (κ1) is 12.2. The number of nitrogens with two attached hydrogens (primary N) is 1. The molecule has 0 aromatic carbocycles. The number of piperidine rings is 1. The maximum Gasteiger partial charge on any atom is 0.168 e. The highest BCUT2D eigenvalue weighted by molar-refractivity contribution is 5.40. The van der Waals surface area contributed by atoms with Crippen molar-refractivity contribution in [1.82, 2.24) is 4.98 Å². The molecule has 1 aromatic heterocycles. The fraction of sp³-hybridized carbons (Fsp3) is 0.583. The second-order valence-electron chi connectivity index (χ2n) is 4.49. The van der Waals surface area contributed by atoms with Crippen molar-refractivity contribution < 1.29 is 8.78 Å². The van der Waals surface area contributed by atoms with Crippen LogP contribution < -0.4 is 10.6 Å². The topological polar surface area (TPSA) is 42.1 Å². The Hall–Kier alpha value is -1.23. The van der Waals surface area contributed by atoms with Gasteiger partial charge < -0.3 is 10.6 Å². The van der Waals surface area contributed by atoms with Crippen LogP contribution in [0, 0.1) is 17.6 Å². The minimum Gasteiger partial charge on any atom is -0.354 e. The quantitative estimate of drug-likeness (QED) is 0.879. The van der Waals surface area contributed by atoms with Crippen LogP contribution in [0.1, 0.15) is 19.3 Å². The Morgan fingerprint density at radius 2 is 2.29 bits per heavy atom. The van der Waals surface area contributed by atoms with Crippen LogP contribution in [0.15, 0.2) is 12.3 Å². The largest absolute Gasteiger partial charge is 0.354 e. The minimum atomic E-state index is -0.637. The fourth-order valence-corrected chi connectivity index (χ4v) is 2.37. The van der Waals surface area contributed by atoms with E-state index < -0.39 is 11.6 Å². The molecule has 1 aromatic rings. The monoisotopic (exact) mass is 241 g/mol. The van der Waals surface area contributed by atoms with E-state index >= 15 is 0 Å². The van der Waals surface area contributed by atoms with Gasteiger partial charge in [0.05, 0.1) is 6.20 Å². The molecule has 1 aliphatic rings. The lowest BCUT2D eigenvalue weighted by Gasteiger charge is -2.33. The Balaban J connectivity index is 2.10. The molecule has 2 heterocycles. The molecule has 1 fully saturated rings. The third-order valence-electron chi connectivity index (χ3n) is 3.18. The van der Waals surface area contributed by atoms with Gasteiger partial charge in [0.1, 0.15) is 5.82 Å². The Bertz CT molecular complexity index is 382. The van der Waals surface area contributed by atoms with E-state index in [-0.39, 0.29) is 5.82 Å². The van der Waals surface area contributed by atoms with Crippen molar-refractivity contribution in [3.8, 4) is 0 Å². The van der Waals surface area contributed by atoms with Gasteiger partial charge in [0.25, 0.3) is 0 Å². The normalized spacial score (nSPS) is 20.6. The number of hydrogen-bond donors (Lipinski definition) is 1. The first-order valence-corrected chi connectivity index (χ1v) is 5.96. The van der Waals surface area contributed by atoms with Gasteiger partial charge in [0.2, 0.25) is 0 Å². The summed E-state index contributed by atoms with van der Waals surface area (Å²) >= 11 is 0. The number of nitrogens with zero attached hydrogens (tertiary/aromatic N) is 2. The Labute approximate surface area is 99.6 Å². The first-order chi connectivity index (χ1) is 8.20. The van der Waals surface area contributed by atoms with Crippen molar-refractivity contribution in [2.45, 2.75) is 19.3 Å². The molecular weight excluding hydrogens is 224 g/mol. The van der Waals surface area contributed by atoms with E-state index in [2.05, 4.69) is 4.98 Å². The van der Waals surface area contributed by atoms with Crippen molar-refractivity contribution in [1.29, 1.82) is 0 Å². The molecule has 94 valence electrons. The zero-order valence-corrected chi connectivity index (χ0v) is 9.70. The molecule has 3 nitrogen and oxygen atoms in total. The number of halogens is 2. The van der Waals surface area contributed by atoms with E-state index in [0.29, 0.717) is 12.5 Å². The third kappa shape index (κ3) is 2.91. The lowest BCUT2D eigenvalue weighted by atomic mass is 9.95. The molecule has 0 amide bonds. The van der Waals surface area contributed by atoms with Gasteiger partial charge in [-0.15, -0.1) is 0 Å². The van der Waals surface area contributed by atoms with Crippen LogP contribution in [-0.2, 0) is 0 Å². The Kier molecular flexibility index (Phi) is 3.89. The van der Waals surface area contributed by atoms with Crippen LogP contribution in [0.4, 0.5) is 14.6 Å². The van der Waals surface area contributed by atoms with Crippen LogP contribution in [-0.4, -0.2) is 24.6 Å².